The summed E-state index contributed by atoms with van der Waals surface area (Å²) in [4.78, 5) is 35.0. The van der Waals surface area contributed by atoms with E-state index in [1.54, 1.807) is 6.07 Å². The molecule has 0 unspecified atom stereocenters. The lowest BCUT2D eigenvalue weighted by atomic mass is 10.1. The van der Waals surface area contributed by atoms with Crippen LogP contribution in [0.25, 0.3) is 0 Å². The van der Waals surface area contributed by atoms with E-state index in [0.717, 1.165) is 18.9 Å². The number of hydrogen-bond acceptors (Lipinski definition) is 6. The zero-order valence-corrected chi connectivity index (χ0v) is 15.5. The minimum absolute atomic E-state index is 0.000946. The van der Waals surface area contributed by atoms with Gasteiger partial charge in [0.2, 0.25) is 0 Å². The van der Waals surface area contributed by atoms with Crippen LogP contribution in [0, 0.1) is 15.9 Å². The number of halogens is 1. The van der Waals surface area contributed by atoms with Crippen LogP contribution in [0.15, 0.2) is 42.5 Å². The van der Waals surface area contributed by atoms with Crippen LogP contribution in [0.5, 0.6) is 5.75 Å². The number of nitro benzene ring substituents is 1. The summed E-state index contributed by atoms with van der Waals surface area (Å²) in [6, 6.07) is 9.81. The summed E-state index contributed by atoms with van der Waals surface area (Å²) < 4.78 is 18.8. The maximum absolute atomic E-state index is 13.6. The molecule has 0 radical (unpaired) electrons. The largest absolute Gasteiger partial charge is 0.478 e. The number of hydrogen-bond donors (Lipinski definition) is 3. The standard InChI is InChI=1S/C19H19FN4O5/c1-11(29-17-5-3-2-4-14(17)20)18(25)22-23-19(26)12-6-9-15(21-13-7-8-13)16(10-12)24(27)28/h2-6,9-11,13,21H,7-8H2,1H3,(H,22,25)(H,23,26)/t11-/m0/s1. The molecule has 3 N–H and O–H groups in total. The van der Waals surface area contributed by atoms with Crippen LogP contribution in [0.1, 0.15) is 30.1 Å². The van der Waals surface area contributed by atoms with E-state index >= 15 is 0 Å². The molecule has 0 saturated heterocycles. The van der Waals surface area contributed by atoms with E-state index in [-0.39, 0.29) is 23.0 Å². The maximum atomic E-state index is 13.6. The van der Waals surface area contributed by atoms with Gasteiger partial charge in [0.1, 0.15) is 5.69 Å². The SMILES string of the molecule is C[C@H](Oc1ccccc1F)C(=O)NNC(=O)c1ccc(NC2CC2)c([N+](=O)[O-])c1. The summed E-state index contributed by atoms with van der Waals surface area (Å²) in [5.74, 6) is -2.18. The van der Waals surface area contributed by atoms with E-state index in [1.807, 2.05) is 0 Å². The number of carbonyl (C=O) groups is 2. The Labute approximate surface area is 165 Å². The van der Waals surface area contributed by atoms with Crippen molar-refractivity contribution in [1.82, 2.24) is 10.9 Å². The number of rotatable bonds is 7. The van der Waals surface area contributed by atoms with Gasteiger partial charge >= 0.3 is 0 Å². The number of benzene rings is 2. The molecule has 2 amide bonds. The van der Waals surface area contributed by atoms with E-state index < -0.39 is 28.7 Å². The number of hydrazine groups is 1. The molecule has 29 heavy (non-hydrogen) atoms. The lowest BCUT2D eigenvalue weighted by Gasteiger charge is -2.15. The highest BCUT2D eigenvalue weighted by atomic mass is 19.1. The summed E-state index contributed by atoms with van der Waals surface area (Å²) in [5.41, 5.74) is 4.43. The van der Waals surface area contributed by atoms with Crippen molar-refractivity contribution in [3.05, 3.63) is 64.0 Å². The minimum atomic E-state index is -1.09. The second-order valence-electron chi connectivity index (χ2n) is 6.54. The predicted octanol–water partition coefficient (Wildman–Crippen LogP) is 2.54. The third-order valence-electron chi connectivity index (χ3n) is 4.20. The Morgan fingerprint density at radius 3 is 2.59 bits per heavy atom. The van der Waals surface area contributed by atoms with Gasteiger partial charge in [-0.1, -0.05) is 12.1 Å². The first kappa shape index (κ1) is 20.1. The van der Waals surface area contributed by atoms with Gasteiger partial charge in [0.15, 0.2) is 17.7 Å². The molecule has 0 aromatic heterocycles. The van der Waals surface area contributed by atoms with Crippen molar-refractivity contribution >= 4 is 23.2 Å². The van der Waals surface area contributed by atoms with Gasteiger partial charge in [0.25, 0.3) is 17.5 Å². The van der Waals surface area contributed by atoms with Crippen molar-refractivity contribution in [3.63, 3.8) is 0 Å². The van der Waals surface area contributed by atoms with E-state index in [0.29, 0.717) is 5.69 Å². The maximum Gasteiger partial charge on any atom is 0.293 e. The summed E-state index contributed by atoms with van der Waals surface area (Å²) in [5, 5.41) is 14.3. The Hall–Kier alpha value is -3.69. The molecule has 1 fully saturated rings. The van der Waals surface area contributed by atoms with Gasteiger partial charge in [-0.2, -0.15) is 0 Å². The number of nitrogens with one attached hydrogen (secondary N) is 3. The lowest BCUT2D eigenvalue weighted by molar-refractivity contribution is -0.384. The molecule has 1 aliphatic rings. The fraction of sp³-hybridized carbons (Fsp3) is 0.263. The molecule has 0 bridgehead atoms. The van der Waals surface area contributed by atoms with Gasteiger partial charge in [-0.25, -0.2) is 4.39 Å². The van der Waals surface area contributed by atoms with Crippen LogP contribution in [0.2, 0.25) is 0 Å². The number of nitrogens with zero attached hydrogens (tertiary/aromatic N) is 1. The Morgan fingerprint density at radius 2 is 1.93 bits per heavy atom. The van der Waals surface area contributed by atoms with Crippen molar-refractivity contribution in [2.75, 3.05) is 5.32 Å². The normalized spacial score (nSPS) is 13.9. The first-order valence-corrected chi connectivity index (χ1v) is 8.91. The molecular weight excluding hydrogens is 383 g/mol. The van der Waals surface area contributed by atoms with Gasteiger partial charge in [0.05, 0.1) is 4.92 Å². The lowest BCUT2D eigenvalue weighted by Crippen LogP contribution is -2.47. The third kappa shape index (κ3) is 5.18. The fourth-order valence-corrected chi connectivity index (χ4v) is 2.47. The van der Waals surface area contributed by atoms with Gasteiger partial charge in [-0.15, -0.1) is 0 Å². The highest BCUT2D eigenvalue weighted by Crippen LogP contribution is 2.31. The molecule has 1 aliphatic carbocycles. The number of anilines is 1. The predicted molar refractivity (Wildman–Crippen MR) is 102 cm³/mol. The van der Waals surface area contributed by atoms with Crippen LogP contribution in [-0.2, 0) is 4.79 Å². The molecule has 2 aromatic carbocycles. The molecule has 1 saturated carbocycles. The number of carbonyl (C=O) groups excluding carboxylic acids is 2. The number of para-hydroxylation sites is 1. The Morgan fingerprint density at radius 1 is 1.21 bits per heavy atom. The summed E-state index contributed by atoms with van der Waals surface area (Å²) in [6.45, 7) is 1.39. The van der Waals surface area contributed by atoms with Crippen LogP contribution in [0.4, 0.5) is 15.8 Å². The minimum Gasteiger partial charge on any atom is -0.478 e. The van der Waals surface area contributed by atoms with Crippen molar-refractivity contribution in [1.29, 1.82) is 0 Å². The monoisotopic (exact) mass is 402 g/mol. The summed E-state index contributed by atoms with van der Waals surface area (Å²) >= 11 is 0. The molecule has 1 atom stereocenters. The molecule has 2 aromatic rings. The van der Waals surface area contributed by atoms with Crippen LogP contribution < -0.4 is 20.9 Å². The van der Waals surface area contributed by atoms with Gasteiger partial charge < -0.3 is 10.1 Å². The average Bonchev–Trinajstić information content (AvgIpc) is 3.51. The van der Waals surface area contributed by atoms with Gasteiger partial charge in [0, 0.05) is 17.7 Å². The molecule has 152 valence electrons. The second kappa shape index (κ2) is 8.55. The van der Waals surface area contributed by atoms with Crippen LogP contribution in [-0.4, -0.2) is 28.9 Å². The van der Waals surface area contributed by atoms with Gasteiger partial charge in [-0.05, 0) is 44.0 Å². The van der Waals surface area contributed by atoms with Crippen LogP contribution >= 0.6 is 0 Å². The Balaban J connectivity index is 1.59. The number of amides is 2. The average molecular weight is 402 g/mol. The zero-order valence-electron chi connectivity index (χ0n) is 15.5. The van der Waals surface area contributed by atoms with Crippen molar-refractivity contribution in [2.45, 2.75) is 31.9 Å². The highest BCUT2D eigenvalue weighted by molar-refractivity contribution is 5.97. The molecule has 10 heteroatoms. The van der Waals surface area contributed by atoms with E-state index in [4.69, 9.17) is 4.74 Å². The summed E-state index contributed by atoms with van der Waals surface area (Å²) in [7, 11) is 0. The zero-order chi connectivity index (χ0) is 21.0. The van der Waals surface area contributed by atoms with Crippen molar-refractivity contribution in [2.24, 2.45) is 0 Å². The number of ether oxygens (including phenoxy) is 1. The van der Waals surface area contributed by atoms with Crippen LogP contribution in [0.3, 0.4) is 0 Å². The topological polar surface area (TPSA) is 123 Å². The van der Waals surface area contributed by atoms with Crippen molar-refractivity contribution in [3.8, 4) is 5.75 Å². The molecule has 0 heterocycles. The molecule has 9 nitrogen and oxygen atoms in total. The smallest absolute Gasteiger partial charge is 0.293 e. The molecular formula is C19H19FN4O5. The third-order valence-corrected chi connectivity index (χ3v) is 4.20. The van der Waals surface area contributed by atoms with E-state index in [9.17, 15) is 24.1 Å². The Bertz CT molecular complexity index is 948. The quantitative estimate of drug-likeness (QED) is 0.483. The fourth-order valence-electron chi connectivity index (χ4n) is 2.47. The molecule has 3 rings (SSSR count). The molecule has 0 spiro atoms. The van der Waals surface area contributed by atoms with Gasteiger partial charge in [-0.3, -0.25) is 30.6 Å². The Kier molecular flexibility index (Phi) is 5.91. The first-order valence-electron chi connectivity index (χ1n) is 8.91. The highest BCUT2D eigenvalue weighted by Gasteiger charge is 2.26. The van der Waals surface area contributed by atoms with Crippen molar-refractivity contribution < 1.29 is 23.6 Å². The number of nitro groups is 1. The van der Waals surface area contributed by atoms with E-state index in [1.165, 1.54) is 37.3 Å². The second-order valence-corrected chi connectivity index (χ2v) is 6.54. The molecule has 0 aliphatic heterocycles. The summed E-state index contributed by atoms with van der Waals surface area (Å²) in [6.07, 6.45) is 0.795. The van der Waals surface area contributed by atoms with E-state index in [2.05, 4.69) is 16.2 Å². The first-order chi connectivity index (χ1) is 13.8.